The molecule has 0 spiro atoms. The van der Waals surface area contributed by atoms with Crippen molar-refractivity contribution in [2.75, 3.05) is 13.1 Å². The van der Waals surface area contributed by atoms with Gasteiger partial charge in [-0.3, -0.25) is 4.79 Å². The molecule has 0 unspecified atom stereocenters. The Kier molecular flexibility index (Phi) is 3.94. The van der Waals surface area contributed by atoms with Crippen LogP contribution in [0.1, 0.15) is 12.1 Å². The lowest BCUT2D eigenvalue weighted by Gasteiger charge is -2.14. The maximum atomic E-state index is 12.1. The molecule has 0 radical (unpaired) electrons. The van der Waals surface area contributed by atoms with Crippen LogP contribution in [0.15, 0.2) is 34.9 Å². The smallest absolute Gasteiger partial charge is 0.228 e. The summed E-state index contributed by atoms with van der Waals surface area (Å²) in [5, 5.41) is 0.658. The van der Waals surface area contributed by atoms with Gasteiger partial charge in [0.25, 0.3) is 0 Å². The zero-order chi connectivity index (χ0) is 14.8. The molecule has 1 aromatic carbocycles. The summed E-state index contributed by atoms with van der Waals surface area (Å²) in [5.41, 5.74) is 7.27. The fourth-order valence-electron chi connectivity index (χ4n) is 2.39. The van der Waals surface area contributed by atoms with Crippen LogP contribution in [0, 0.1) is 0 Å². The van der Waals surface area contributed by atoms with E-state index in [1.807, 2.05) is 12.1 Å². The van der Waals surface area contributed by atoms with Crippen LogP contribution in [-0.4, -0.2) is 34.9 Å². The van der Waals surface area contributed by atoms with Gasteiger partial charge in [0.05, 0.1) is 12.1 Å². The Labute approximate surface area is 127 Å². The third kappa shape index (κ3) is 3.25. The summed E-state index contributed by atoms with van der Waals surface area (Å²) in [4.78, 5) is 18.3. The normalized spacial score (nSPS) is 18.2. The zero-order valence-corrected chi connectivity index (χ0v) is 12.2. The third-order valence-electron chi connectivity index (χ3n) is 3.55. The van der Waals surface area contributed by atoms with Crippen LogP contribution in [0.5, 0.6) is 0 Å². The van der Waals surface area contributed by atoms with Gasteiger partial charge in [0.1, 0.15) is 6.26 Å². The monoisotopic (exact) mass is 305 g/mol. The lowest BCUT2D eigenvalue weighted by Crippen LogP contribution is -2.32. The number of carbonyl (C=O) groups excluding carboxylic acids is 1. The molecule has 1 aliphatic heterocycles. The van der Waals surface area contributed by atoms with Crippen molar-refractivity contribution in [3.05, 3.63) is 41.2 Å². The van der Waals surface area contributed by atoms with Gasteiger partial charge in [-0.15, -0.1) is 0 Å². The first-order valence-electron chi connectivity index (χ1n) is 6.85. The van der Waals surface area contributed by atoms with Crippen molar-refractivity contribution in [1.82, 2.24) is 9.88 Å². The highest BCUT2D eigenvalue weighted by molar-refractivity contribution is 6.30. The van der Waals surface area contributed by atoms with E-state index < -0.39 is 0 Å². The number of oxazole rings is 1. The molecule has 2 heterocycles. The van der Waals surface area contributed by atoms with E-state index in [1.165, 1.54) is 6.26 Å². The van der Waals surface area contributed by atoms with E-state index in [-0.39, 0.29) is 18.4 Å². The number of hydrogen-bond acceptors (Lipinski definition) is 4. The highest BCUT2D eigenvalue weighted by atomic mass is 35.5. The Morgan fingerprint density at radius 2 is 2.19 bits per heavy atom. The molecule has 1 aromatic heterocycles. The first-order valence-corrected chi connectivity index (χ1v) is 7.23. The molecule has 0 bridgehead atoms. The molecule has 110 valence electrons. The summed E-state index contributed by atoms with van der Waals surface area (Å²) < 4.78 is 5.43. The van der Waals surface area contributed by atoms with Crippen molar-refractivity contribution in [1.29, 1.82) is 0 Å². The fourth-order valence-corrected chi connectivity index (χ4v) is 2.52. The molecule has 0 aliphatic carbocycles. The largest absolute Gasteiger partial charge is 0.444 e. The number of rotatable bonds is 3. The summed E-state index contributed by atoms with van der Waals surface area (Å²) in [6.07, 6.45) is 2.63. The number of likely N-dealkylation sites (tertiary alicyclic amines) is 1. The molecule has 6 heteroatoms. The summed E-state index contributed by atoms with van der Waals surface area (Å²) in [6.45, 7) is 1.35. The van der Waals surface area contributed by atoms with Crippen molar-refractivity contribution in [3.63, 3.8) is 0 Å². The lowest BCUT2D eigenvalue weighted by molar-refractivity contribution is -0.129. The predicted molar refractivity (Wildman–Crippen MR) is 79.8 cm³/mol. The Morgan fingerprint density at radius 3 is 2.86 bits per heavy atom. The fraction of sp³-hybridized carbons (Fsp3) is 0.333. The first-order chi connectivity index (χ1) is 10.1. The first kappa shape index (κ1) is 14.1. The average molecular weight is 306 g/mol. The van der Waals surface area contributed by atoms with Crippen LogP contribution in [0.4, 0.5) is 0 Å². The minimum absolute atomic E-state index is 0.0407. The molecule has 1 aliphatic rings. The van der Waals surface area contributed by atoms with Crippen LogP contribution >= 0.6 is 11.6 Å². The number of aromatic nitrogens is 1. The van der Waals surface area contributed by atoms with E-state index in [2.05, 4.69) is 4.98 Å². The summed E-state index contributed by atoms with van der Waals surface area (Å²) in [6, 6.07) is 7.31. The quantitative estimate of drug-likeness (QED) is 0.942. The highest BCUT2D eigenvalue weighted by Gasteiger charge is 2.24. The maximum Gasteiger partial charge on any atom is 0.228 e. The number of halogens is 1. The third-order valence-corrected chi connectivity index (χ3v) is 3.80. The van der Waals surface area contributed by atoms with Gasteiger partial charge in [0.15, 0.2) is 0 Å². The van der Waals surface area contributed by atoms with Gasteiger partial charge < -0.3 is 15.1 Å². The Bertz CT molecular complexity index is 639. The van der Waals surface area contributed by atoms with Crippen LogP contribution < -0.4 is 5.73 Å². The Hall–Kier alpha value is -1.85. The number of hydrogen-bond donors (Lipinski definition) is 1. The van der Waals surface area contributed by atoms with Gasteiger partial charge in [0, 0.05) is 29.7 Å². The molecule has 2 aromatic rings. The van der Waals surface area contributed by atoms with E-state index in [1.54, 1.807) is 17.0 Å². The minimum Gasteiger partial charge on any atom is -0.444 e. The molecule has 2 N–H and O–H groups in total. The molecule has 1 amide bonds. The molecule has 21 heavy (non-hydrogen) atoms. The van der Waals surface area contributed by atoms with Gasteiger partial charge in [-0.05, 0) is 30.7 Å². The SMILES string of the molecule is N[C@@H]1CCN(C(=O)Cc2coc(-c3ccc(Cl)cc3)n2)C1. The summed E-state index contributed by atoms with van der Waals surface area (Å²) in [5.74, 6) is 0.534. The number of benzene rings is 1. The van der Waals surface area contributed by atoms with Crippen molar-refractivity contribution in [3.8, 4) is 11.5 Å². The molecular weight excluding hydrogens is 290 g/mol. The number of nitrogens with zero attached hydrogens (tertiary/aromatic N) is 2. The molecule has 1 saturated heterocycles. The van der Waals surface area contributed by atoms with Gasteiger partial charge in [-0.2, -0.15) is 0 Å². The van der Waals surface area contributed by atoms with E-state index >= 15 is 0 Å². The van der Waals surface area contributed by atoms with Crippen molar-refractivity contribution < 1.29 is 9.21 Å². The van der Waals surface area contributed by atoms with Gasteiger partial charge >= 0.3 is 0 Å². The standard InChI is InChI=1S/C15H16ClN3O2/c16-11-3-1-10(2-4-11)15-18-13(9-21-15)7-14(20)19-6-5-12(17)8-19/h1-4,9,12H,5-8,17H2/t12-/m1/s1. The molecule has 5 nitrogen and oxygen atoms in total. The maximum absolute atomic E-state index is 12.1. The lowest BCUT2D eigenvalue weighted by atomic mass is 10.2. The van der Waals surface area contributed by atoms with E-state index in [4.69, 9.17) is 21.8 Å². The second kappa shape index (κ2) is 5.87. The van der Waals surface area contributed by atoms with Crippen molar-refractivity contribution >= 4 is 17.5 Å². The average Bonchev–Trinajstić information content (AvgIpc) is 3.09. The zero-order valence-electron chi connectivity index (χ0n) is 11.5. The van der Waals surface area contributed by atoms with Gasteiger partial charge in [-0.25, -0.2) is 4.98 Å². The van der Waals surface area contributed by atoms with Crippen LogP contribution in [0.25, 0.3) is 11.5 Å². The minimum atomic E-state index is 0.0407. The van der Waals surface area contributed by atoms with Crippen molar-refractivity contribution in [2.45, 2.75) is 18.9 Å². The topological polar surface area (TPSA) is 72.4 Å². The van der Waals surface area contributed by atoms with E-state index in [9.17, 15) is 4.79 Å². The van der Waals surface area contributed by atoms with Crippen LogP contribution in [-0.2, 0) is 11.2 Å². The van der Waals surface area contributed by atoms with Crippen LogP contribution in [0.2, 0.25) is 5.02 Å². The number of amides is 1. The summed E-state index contributed by atoms with van der Waals surface area (Å²) in [7, 11) is 0. The Morgan fingerprint density at radius 1 is 1.43 bits per heavy atom. The number of nitrogens with two attached hydrogens (primary N) is 1. The van der Waals surface area contributed by atoms with Crippen molar-refractivity contribution in [2.24, 2.45) is 5.73 Å². The predicted octanol–water partition coefficient (Wildman–Crippen LogP) is 2.10. The highest BCUT2D eigenvalue weighted by Crippen LogP contribution is 2.21. The molecule has 1 fully saturated rings. The molecule has 1 atom stereocenters. The molecule has 0 saturated carbocycles. The number of carbonyl (C=O) groups is 1. The van der Waals surface area contributed by atoms with E-state index in [0.717, 1.165) is 18.5 Å². The van der Waals surface area contributed by atoms with Crippen LogP contribution in [0.3, 0.4) is 0 Å². The second-order valence-electron chi connectivity index (χ2n) is 5.22. The second-order valence-corrected chi connectivity index (χ2v) is 5.65. The molecule has 3 rings (SSSR count). The Balaban J connectivity index is 1.67. The van der Waals surface area contributed by atoms with E-state index in [0.29, 0.717) is 23.2 Å². The molecular formula is C15H16ClN3O2. The van der Waals surface area contributed by atoms with Gasteiger partial charge in [-0.1, -0.05) is 11.6 Å². The summed E-state index contributed by atoms with van der Waals surface area (Å²) >= 11 is 5.85. The van der Waals surface area contributed by atoms with Gasteiger partial charge in [0.2, 0.25) is 11.8 Å².